The number of rotatable bonds is 16. The van der Waals surface area contributed by atoms with Gasteiger partial charge in [0, 0.05) is 64.4 Å². The van der Waals surface area contributed by atoms with Crippen molar-refractivity contribution >= 4 is 43.6 Å². The highest BCUT2D eigenvalue weighted by molar-refractivity contribution is 6.11. The summed E-state index contributed by atoms with van der Waals surface area (Å²) in [5.41, 5.74) is 17.2. The van der Waals surface area contributed by atoms with Gasteiger partial charge in [0.2, 0.25) is 0 Å². The van der Waals surface area contributed by atoms with Crippen LogP contribution in [0.3, 0.4) is 0 Å². The second kappa shape index (κ2) is 22.6. The molecular weight excluding hydrogens is 1020 g/mol. The summed E-state index contributed by atoms with van der Waals surface area (Å²) < 4.78 is 43.6. The van der Waals surface area contributed by atoms with Crippen LogP contribution >= 0.6 is 0 Å². The molecule has 10 aromatic rings. The number of para-hydroxylation sites is 2. The van der Waals surface area contributed by atoms with Crippen molar-refractivity contribution < 1.29 is 28.4 Å². The van der Waals surface area contributed by atoms with E-state index in [-0.39, 0.29) is 47.5 Å². The molecule has 2 unspecified atom stereocenters. The molecule has 0 fully saturated rings. The van der Waals surface area contributed by atoms with Gasteiger partial charge in [-0.05, 0) is 168 Å². The second-order valence-corrected chi connectivity index (χ2v) is 27.1. The Morgan fingerprint density at radius 3 is 0.964 bits per heavy atom. The van der Waals surface area contributed by atoms with Crippen molar-refractivity contribution in [3.8, 4) is 56.6 Å². The highest BCUT2D eigenvalue weighted by Crippen LogP contribution is 2.48. The first-order chi connectivity index (χ1) is 39.2. The molecule has 2 atom stereocenters. The van der Waals surface area contributed by atoms with Crippen LogP contribution in [0.4, 0.5) is 0 Å². The molecule has 0 saturated carbocycles. The number of methoxy groups -OCH3 is 2. The van der Waals surface area contributed by atoms with Crippen LogP contribution < -0.4 is 18.9 Å². The minimum atomic E-state index is -0.239. The molecule has 2 heterocycles. The van der Waals surface area contributed by atoms with Gasteiger partial charge in [-0.3, -0.25) is 0 Å². The molecule has 0 aliphatic heterocycles. The molecule has 0 spiro atoms. The Labute approximate surface area is 493 Å². The van der Waals surface area contributed by atoms with E-state index in [0.29, 0.717) is 17.9 Å². The maximum absolute atomic E-state index is 7.03. The number of hydrogen-bond donors (Lipinski definition) is 0. The van der Waals surface area contributed by atoms with Crippen LogP contribution in [0.25, 0.3) is 77.2 Å². The van der Waals surface area contributed by atoms with Crippen LogP contribution in [0.5, 0.6) is 23.0 Å². The van der Waals surface area contributed by atoms with Gasteiger partial charge in [0.1, 0.15) is 11.5 Å². The molecule has 2 aromatic heterocycles. The van der Waals surface area contributed by atoms with E-state index >= 15 is 0 Å². The van der Waals surface area contributed by atoms with Gasteiger partial charge in [0.05, 0.1) is 45.6 Å². The summed E-state index contributed by atoms with van der Waals surface area (Å²) in [5.74, 6) is 2.92. The summed E-state index contributed by atoms with van der Waals surface area (Å²) >= 11 is 0. The Kier molecular flexibility index (Phi) is 16.0. The number of hydrogen-bond acceptors (Lipinski definition) is 6. The van der Waals surface area contributed by atoms with E-state index in [2.05, 4.69) is 253 Å². The van der Waals surface area contributed by atoms with E-state index in [4.69, 9.17) is 28.4 Å². The highest BCUT2D eigenvalue weighted by Gasteiger charge is 2.28. The third-order valence-corrected chi connectivity index (χ3v) is 16.2. The Hall–Kier alpha value is -7.52. The summed E-state index contributed by atoms with van der Waals surface area (Å²) in [6, 6.07) is 53.1. The first kappa shape index (κ1) is 58.7. The van der Waals surface area contributed by atoms with Crippen molar-refractivity contribution in [2.24, 2.45) is 0 Å². The average Bonchev–Trinajstić information content (AvgIpc) is 2.37. The minimum absolute atomic E-state index is 0.0245. The van der Waals surface area contributed by atoms with E-state index in [1.54, 1.807) is 14.2 Å². The third kappa shape index (κ3) is 11.8. The van der Waals surface area contributed by atoms with Gasteiger partial charge in [-0.25, -0.2) is 0 Å². The maximum atomic E-state index is 7.03. The SMILES string of the molecule is COCOc1c(-c2ccccc2OC(C)CC(C)Oc2ccccc2-c2cc(C)cc(-n3c4ccc(C(C)(C)C)cc4c4cc(C(C)(C)C)ccc43)c2OCOC)cc(C)cc1-n1c2ccc(C(C)(C)C)cc2c2cc(C(C)(C)C)ccc21. The largest absolute Gasteiger partial charge is 0.490 e. The third-order valence-electron chi connectivity index (χ3n) is 16.2. The van der Waals surface area contributed by atoms with Crippen molar-refractivity contribution in [2.75, 3.05) is 27.8 Å². The van der Waals surface area contributed by atoms with Crippen molar-refractivity contribution in [2.45, 2.75) is 151 Å². The Morgan fingerprint density at radius 1 is 0.373 bits per heavy atom. The fourth-order valence-electron chi connectivity index (χ4n) is 11.8. The predicted molar refractivity (Wildman–Crippen MR) is 347 cm³/mol. The fourth-order valence-corrected chi connectivity index (χ4v) is 11.8. The van der Waals surface area contributed by atoms with Gasteiger partial charge in [-0.15, -0.1) is 0 Å². The summed E-state index contributed by atoms with van der Waals surface area (Å²) in [4.78, 5) is 0. The molecule has 0 bridgehead atoms. The van der Waals surface area contributed by atoms with Crippen LogP contribution in [0, 0.1) is 13.8 Å². The Morgan fingerprint density at radius 2 is 0.675 bits per heavy atom. The summed E-state index contributed by atoms with van der Waals surface area (Å²) in [7, 11) is 3.33. The Bertz CT molecular complexity index is 3630. The van der Waals surface area contributed by atoms with Gasteiger partial charge in [0.25, 0.3) is 0 Å². The quantitative estimate of drug-likeness (QED) is 0.0899. The maximum Gasteiger partial charge on any atom is 0.188 e. The average molecular weight is 1110 g/mol. The molecule has 8 nitrogen and oxygen atoms in total. The van der Waals surface area contributed by atoms with E-state index in [9.17, 15) is 0 Å². The zero-order valence-electron chi connectivity index (χ0n) is 52.5. The Balaban J connectivity index is 1.00. The van der Waals surface area contributed by atoms with Gasteiger partial charge in [-0.1, -0.05) is 144 Å². The molecule has 8 aromatic carbocycles. The summed E-state index contributed by atoms with van der Waals surface area (Å²) in [5, 5.41) is 4.85. The van der Waals surface area contributed by atoms with E-state index in [0.717, 1.165) is 78.3 Å². The number of nitrogens with zero attached hydrogens (tertiary/aromatic N) is 2. The number of benzene rings is 8. The summed E-state index contributed by atoms with van der Waals surface area (Å²) in [6.45, 7) is 36.0. The van der Waals surface area contributed by atoms with Crippen molar-refractivity contribution in [3.63, 3.8) is 0 Å². The van der Waals surface area contributed by atoms with Crippen LogP contribution in [0.1, 0.15) is 137 Å². The summed E-state index contributed by atoms with van der Waals surface area (Å²) in [6.07, 6.45) is 0.122. The molecule has 0 saturated heterocycles. The molecule has 432 valence electrons. The van der Waals surface area contributed by atoms with Crippen LogP contribution in [0.2, 0.25) is 0 Å². The lowest BCUT2D eigenvalue weighted by Gasteiger charge is -2.25. The van der Waals surface area contributed by atoms with Crippen molar-refractivity contribution in [3.05, 3.63) is 179 Å². The van der Waals surface area contributed by atoms with Gasteiger partial charge in [0.15, 0.2) is 25.1 Å². The zero-order valence-corrected chi connectivity index (χ0v) is 52.5. The topological polar surface area (TPSA) is 65.2 Å². The van der Waals surface area contributed by atoms with E-state index < -0.39 is 0 Å². The molecule has 0 radical (unpaired) electrons. The lowest BCUT2D eigenvalue weighted by atomic mass is 9.85. The molecule has 8 heteroatoms. The normalized spacial score (nSPS) is 13.3. The van der Waals surface area contributed by atoms with Gasteiger partial charge >= 0.3 is 0 Å². The second-order valence-electron chi connectivity index (χ2n) is 27.1. The van der Waals surface area contributed by atoms with Gasteiger partial charge < -0.3 is 37.6 Å². The molecular formula is C75H86N2O6. The van der Waals surface area contributed by atoms with Crippen LogP contribution in [-0.2, 0) is 31.1 Å². The monoisotopic (exact) mass is 1110 g/mol. The first-order valence-electron chi connectivity index (χ1n) is 29.5. The number of fused-ring (bicyclic) bond motifs is 6. The predicted octanol–water partition coefficient (Wildman–Crippen LogP) is 19.6. The van der Waals surface area contributed by atoms with Crippen LogP contribution in [-0.4, -0.2) is 49.1 Å². The van der Waals surface area contributed by atoms with Crippen molar-refractivity contribution in [1.82, 2.24) is 9.13 Å². The van der Waals surface area contributed by atoms with Crippen LogP contribution in [0.15, 0.2) is 146 Å². The molecule has 0 N–H and O–H groups in total. The molecule has 0 amide bonds. The highest BCUT2D eigenvalue weighted by atomic mass is 16.7. The lowest BCUT2D eigenvalue weighted by Crippen LogP contribution is -2.23. The van der Waals surface area contributed by atoms with E-state index in [1.807, 2.05) is 12.1 Å². The van der Waals surface area contributed by atoms with Gasteiger partial charge in [-0.2, -0.15) is 0 Å². The van der Waals surface area contributed by atoms with Crippen molar-refractivity contribution in [1.29, 1.82) is 0 Å². The fraction of sp³-hybridized carbons (Fsp3) is 0.360. The number of aryl methyl sites for hydroxylation is 2. The first-order valence-corrected chi connectivity index (χ1v) is 29.5. The molecule has 83 heavy (non-hydrogen) atoms. The number of aromatic nitrogens is 2. The molecule has 10 rings (SSSR count). The zero-order chi connectivity index (χ0) is 59.5. The minimum Gasteiger partial charge on any atom is -0.490 e. The molecule has 0 aliphatic rings. The standard InChI is InChI=1S/C75H86N2O6/c1-46-35-60(70(80-44-78-17)66(37-46)76-62-31-27-50(72(5,6)7)40-56(62)57-41-51(73(8,9)10)28-32-63(57)76)54-23-19-21-25-68(54)82-48(3)39-49(4)83-69-26-22-20-24-55(69)61-36-47(2)38-67(71(61)81-45-79-18)77-64-33-29-52(74(11,12)13)42-58(64)59-43-53(75(14,15)16)30-34-65(59)77/h19-38,40-43,48-49H,39,44-45H2,1-18H3. The molecule has 0 aliphatic carbocycles. The lowest BCUT2D eigenvalue weighted by molar-refractivity contribution is 0.0513. The smallest absolute Gasteiger partial charge is 0.188 e. The number of ether oxygens (including phenoxy) is 6. The van der Waals surface area contributed by atoms with E-state index in [1.165, 1.54) is 43.8 Å².